The molecular formula is C46H38BBrClK2N4O13S3. The third kappa shape index (κ3) is 14.3. The maximum Gasteiger partial charge on any atom is 1.00 e. The minimum atomic E-state index is -5.35. The Hall–Kier alpha value is -2.80. The van der Waals surface area contributed by atoms with Gasteiger partial charge in [0.2, 0.25) is 10.0 Å². The number of sulfonamides is 1. The molecule has 0 aliphatic rings. The van der Waals surface area contributed by atoms with Gasteiger partial charge >= 0.3 is 116 Å². The van der Waals surface area contributed by atoms with Gasteiger partial charge in [0.25, 0.3) is 5.91 Å². The summed E-state index contributed by atoms with van der Waals surface area (Å²) in [6.07, 6.45) is 8.01. The summed E-state index contributed by atoms with van der Waals surface area (Å²) in [6, 6.07) is 28.9. The summed E-state index contributed by atoms with van der Waals surface area (Å²) in [5.74, 6) is -1.08. The Kier molecular flexibility index (Phi) is 21.9. The van der Waals surface area contributed by atoms with Crippen molar-refractivity contribution in [1.82, 2.24) is 10.0 Å². The summed E-state index contributed by atoms with van der Waals surface area (Å²) >= 11 is 0. The number of hydrogen-bond donors (Lipinski definition) is 3. The normalized spacial score (nSPS) is 11.4. The van der Waals surface area contributed by atoms with Gasteiger partial charge < -0.3 is 58.2 Å². The molecule has 3 N–H and O–H groups in total. The number of benzene rings is 6. The number of nitrogens with one attached hydrogen (secondary N) is 2. The van der Waals surface area contributed by atoms with E-state index in [9.17, 15) is 43.9 Å². The van der Waals surface area contributed by atoms with E-state index in [1.165, 1.54) is 12.1 Å². The minimum absolute atomic E-state index is 0. The summed E-state index contributed by atoms with van der Waals surface area (Å²) in [7, 11) is -14.5. The smallest absolute Gasteiger partial charge is 1.00 e. The monoisotopic (exact) mass is 1150 g/mol. The number of carbonyl (C=O) groups excluding carboxylic acids is 2. The fraction of sp³-hybridized carbons (Fsp3) is 0.130. The van der Waals surface area contributed by atoms with Gasteiger partial charge in [-0.25, -0.2) is 39.1 Å². The van der Waals surface area contributed by atoms with Gasteiger partial charge in [0.15, 0.2) is 37.9 Å². The second-order valence-electron chi connectivity index (χ2n) is 15.4. The summed E-state index contributed by atoms with van der Waals surface area (Å²) in [5, 5.41) is 10.9. The van der Waals surface area contributed by atoms with Crippen molar-refractivity contribution >= 4 is 82.1 Å². The van der Waals surface area contributed by atoms with Crippen LogP contribution in [0, 0.1) is 0 Å². The molecule has 2 aromatic heterocycles. The van der Waals surface area contributed by atoms with Crippen molar-refractivity contribution in [2.75, 3.05) is 13.1 Å². The quantitative estimate of drug-likeness (QED) is 0.0146. The zero-order chi connectivity index (χ0) is 47.7. The second-order valence-corrected chi connectivity index (χ2v) is 19.8. The predicted molar refractivity (Wildman–Crippen MR) is 241 cm³/mol. The molecule has 0 atom stereocenters. The van der Waals surface area contributed by atoms with Crippen LogP contribution in [0.3, 0.4) is 0 Å². The zero-order valence-electron chi connectivity index (χ0n) is 38.0. The van der Waals surface area contributed by atoms with Crippen LogP contribution in [0.2, 0.25) is 0 Å². The van der Waals surface area contributed by atoms with Crippen molar-refractivity contribution in [3.8, 4) is 22.6 Å². The Balaban J connectivity index is 0.00000274. The number of ether oxygens (including phenoxy) is 1. The first kappa shape index (κ1) is 60.8. The molecule has 1 radical (unpaired) electrons. The third-order valence-corrected chi connectivity index (χ3v) is 14.2. The Morgan fingerprint density at radius 1 is 0.648 bits per heavy atom. The average Bonchev–Trinajstić information content (AvgIpc) is 3.28. The van der Waals surface area contributed by atoms with E-state index >= 15 is 0 Å². The molecule has 17 nitrogen and oxygen atoms in total. The number of hydrogen-bond acceptors (Lipinski definition) is 13. The molecule has 1 amide bonds. The first-order chi connectivity index (χ1) is 31.9. The van der Waals surface area contributed by atoms with Gasteiger partial charge in [-0.05, 0) is 60.0 Å². The van der Waals surface area contributed by atoms with E-state index in [2.05, 4.69) is 10.0 Å². The van der Waals surface area contributed by atoms with Crippen molar-refractivity contribution < 1.29 is 200 Å². The molecule has 2 heterocycles. The molecule has 71 heavy (non-hydrogen) atoms. The van der Waals surface area contributed by atoms with Crippen LogP contribution in [-0.4, -0.2) is 72.0 Å². The Morgan fingerprint density at radius 2 is 1.15 bits per heavy atom. The number of nitrogens with zero attached hydrogens (tertiary/aromatic N) is 2. The molecule has 0 saturated carbocycles. The molecule has 0 fully saturated rings. The van der Waals surface area contributed by atoms with Crippen molar-refractivity contribution in [2.24, 2.45) is 0 Å². The van der Waals surface area contributed by atoms with E-state index in [4.69, 9.17) is 14.4 Å². The van der Waals surface area contributed by atoms with Gasteiger partial charge in [0.1, 0.15) is 31.7 Å². The van der Waals surface area contributed by atoms with Crippen molar-refractivity contribution in [2.45, 2.75) is 41.1 Å². The fourth-order valence-corrected chi connectivity index (χ4v) is 10.7. The number of carbonyl (C=O) groups is 2. The van der Waals surface area contributed by atoms with Crippen LogP contribution in [-0.2, 0) is 48.1 Å². The van der Waals surface area contributed by atoms with Gasteiger partial charge in [-0.3, -0.25) is 9.59 Å². The number of aromatic nitrogens is 2. The van der Waals surface area contributed by atoms with E-state index in [0.717, 1.165) is 47.4 Å². The van der Waals surface area contributed by atoms with Gasteiger partial charge in [-0.15, -0.1) is 0 Å². The molecule has 8 aromatic rings. The van der Waals surface area contributed by atoms with Crippen molar-refractivity contribution in [3.05, 3.63) is 151 Å². The van der Waals surface area contributed by atoms with Crippen molar-refractivity contribution in [1.29, 1.82) is 0 Å². The number of rotatable bonds is 17. The SMILES string of the molecule is CC(=O)Oc1cc(S(=O)(=O)[O-])c2ccc3c(S(=O)(=O)[O-])cc(S(=O)(=O)NCCCNC(=O)c4ccc(C[n+]5ccc(-c6cc[n+](Cc7cccc(O[B]O)c7)cc6)cc5)cc4)c4ccc1c2c34.[Br-].[Cl-].[K+].[K+]. The first-order valence-corrected chi connectivity index (χ1v) is 24.7. The summed E-state index contributed by atoms with van der Waals surface area (Å²) in [5.41, 5.74) is 4.40. The minimum Gasteiger partial charge on any atom is -1.00 e. The fourth-order valence-electron chi connectivity index (χ4n) is 7.89. The third-order valence-electron chi connectivity index (χ3n) is 10.9. The summed E-state index contributed by atoms with van der Waals surface area (Å²) in [6.45, 7) is 2.02. The Labute approximate surface area is 511 Å². The van der Waals surface area contributed by atoms with E-state index in [1.807, 2.05) is 88.5 Å². The van der Waals surface area contributed by atoms with Crippen LogP contribution >= 0.6 is 0 Å². The molecule has 0 aliphatic carbocycles. The molecule has 0 saturated heterocycles. The number of halogens is 2. The van der Waals surface area contributed by atoms with E-state index in [-0.39, 0.29) is 190 Å². The zero-order valence-corrected chi connectivity index (χ0v) is 49.1. The molecular weight excluding hydrogens is 1120 g/mol. The summed E-state index contributed by atoms with van der Waals surface area (Å²) < 4.78 is 119. The van der Waals surface area contributed by atoms with Gasteiger partial charge in [-0.2, -0.15) is 0 Å². The molecule has 6 aromatic carbocycles. The summed E-state index contributed by atoms with van der Waals surface area (Å²) in [4.78, 5) is 22.6. The molecule has 0 unspecified atom stereocenters. The van der Waals surface area contributed by atoms with Crippen molar-refractivity contribution in [3.63, 3.8) is 0 Å². The molecule has 0 aliphatic heterocycles. The second kappa shape index (κ2) is 25.6. The Bertz CT molecular complexity index is 3570. The number of amides is 1. The standard InChI is InChI=1S/C46H38BN4O13S3.BrH.ClH.2K/c1-29(52)63-40-25-42(66(57,58)59)38-12-13-39-43(67(60,61)62)26-41(37-11-10-36(40)44(38)45(37)39)65(55,56)49-19-3-18-48-46(53)34-8-6-30(7-9-34)27-50-20-14-32(15-21-50)33-16-22-51(23-17-33)28-31-4-2-5-35(24-31)64-47-54;;;;/h2,4-17,20-26,49,54H,3,18-19,27-28H2,1H3,(H-2,48,53,57,58,59,60,61,62);2*1H;;/q;;;2*+1/p-2. The molecule has 0 spiro atoms. The van der Waals surface area contributed by atoms with Gasteiger partial charge in [0.05, 0.1) is 14.7 Å². The Morgan fingerprint density at radius 3 is 1.69 bits per heavy atom. The van der Waals surface area contributed by atoms with Crippen LogP contribution in [0.15, 0.2) is 149 Å². The maximum absolute atomic E-state index is 13.8. The van der Waals surface area contributed by atoms with E-state index < -0.39 is 56.8 Å². The van der Waals surface area contributed by atoms with Crippen LogP contribution in [0.1, 0.15) is 34.8 Å². The topological polar surface area (TPSA) is 253 Å². The average molecular weight is 1160 g/mol. The molecule has 25 heteroatoms. The predicted octanol–water partition coefficient (Wildman–Crippen LogP) is -8.32. The number of pyridine rings is 2. The van der Waals surface area contributed by atoms with E-state index in [1.54, 1.807) is 18.2 Å². The maximum atomic E-state index is 13.8. The van der Waals surface area contributed by atoms with Crippen LogP contribution in [0.25, 0.3) is 43.4 Å². The molecule has 357 valence electrons. The van der Waals surface area contributed by atoms with Crippen LogP contribution in [0.5, 0.6) is 11.5 Å². The van der Waals surface area contributed by atoms with E-state index in [0.29, 0.717) is 38.2 Å². The largest absolute Gasteiger partial charge is 1.00 e. The molecule has 0 bridgehead atoms. The molecule has 8 rings (SSSR count). The van der Waals surface area contributed by atoms with Crippen LogP contribution < -0.4 is 161 Å². The first-order valence-electron chi connectivity index (χ1n) is 20.4. The number of esters is 1. The van der Waals surface area contributed by atoms with Gasteiger partial charge in [-0.1, -0.05) is 42.5 Å². The van der Waals surface area contributed by atoms with Gasteiger partial charge in [0, 0.05) is 93.3 Å². The van der Waals surface area contributed by atoms with Crippen LogP contribution in [0.4, 0.5) is 0 Å².